The lowest BCUT2D eigenvalue weighted by Gasteiger charge is -2.28. The average molecular weight is 256 g/mol. The number of rotatable bonds is 4. The van der Waals surface area contributed by atoms with Gasteiger partial charge in [-0.25, -0.2) is 0 Å². The molecule has 0 radical (unpaired) electrons. The summed E-state index contributed by atoms with van der Waals surface area (Å²) in [6.45, 7) is 0. The molecule has 1 atom stereocenters. The molecule has 0 fully saturated rings. The molecule has 0 aromatic heterocycles. The molecule has 0 amide bonds. The Labute approximate surface area is 112 Å². The third-order valence-corrected chi connectivity index (χ3v) is 3.07. The maximum absolute atomic E-state index is 10.8. The topological polar surface area (TPSA) is 79.3 Å². The molecule has 4 heteroatoms. The third-order valence-electron chi connectivity index (χ3n) is 3.07. The molecule has 19 heavy (non-hydrogen) atoms. The zero-order valence-corrected chi connectivity index (χ0v) is 10.6. The van der Waals surface area contributed by atoms with Crippen LogP contribution >= 0.6 is 0 Å². The van der Waals surface area contributed by atoms with Crippen molar-refractivity contribution in [1.82, 2.24) is 0 Å². The minimum Gasteiger partial charge on any atom is -0.497 e. The van der Waals surface area contributed by atoms with Crippen LogP contribution in [-0.4, -0.2) is 18.1 Å². The van der Waals surface area contributed by atoms with Crippen LogP contribution in [0.25, 0.3) is 0 Å². The number of benzene rings is 2. The van der Waals surface area contributed by atoms with Crippen LogP contribution in [0, 0.1) is 5.41 Å². The van der Waals surface area contributed by atoms with Gasteiger partial charge >= 0.3 is 0 Å². The Balaban J connectivity index is 2.60. The van der Waals surface area contributed by atoms with Gasteiger partial charge in [0.25, 0.3) is 0 Å². The Morgan fingerprint density at radius 3 is 2.32 bits per heavy atom. The summed E-state index contributed by atoms with van der Waals surface area (Å²) in [5.41, 5.74) is 5.03. The van der Waals surface area contributed by atoms with Gasteiger partial charge in [0.2, 0.25) is 0 Å². The molecule has 0 aliphatic rings. The average Bonchev–Trinajstić information content (AvgIpc) is 2.47. The lowest BCUT2D eigenvalue weighted by molar-refractivity contribution is 0.153. The van der Waals surface area contributed by atoms with Crippen LogP contribution in [0.2, 0.25) is 0 Å². The summed E-state index contributed by atoms with van der Waals surface area (Å²) in [4.78, 5) is 0. The van der Waals surface area contributed by atoms with Crippen molar-refractivity contribution in [3.63, 3.8) is 0 Å². The van der Waals surface area contributed by atoms with Gasteiger partial charge in [0.05, 0.1) is 7.11 Å². The standard InChI is InChI=1S/C15H16N2O2/c1-19-13-9-5-8-12(10-13)15(18,14(16)17)11-6-3-2-4-7-11/h2-10,18H,1H3,(H3,16,17). The van der Waals surface area contributed by atoms with Crippen molar-refractivity contribution in [2.45, 2.75) is 5.60 Å². The van der Waals surface area contributed by atoms with Crippen LogP contribution in [-0.2, 0) is 5.60 Å². The minimum atomic E-state index is -1.64. The highest BCUT2D eigenvalue weighted by molar-refractivity contribution is 5.91. The van der Waals surface area contributed by atoms with Crippen LogP contribution in [0.5, 0.6) is 5.75 Å². The summed E-state index contributed by atoms with van der Waals surface area (Å²) in [6, 6.07) is 15.8. The summed E-state index contributed by atoms with van der Waals surface area (Å²) in [5, 5.41) is 18.6. The summed E-state index contributed by atoms with van der Waals surface area (Å²) in [6.07, 6.45) is 0. The Kier molecular flexibility index (Phi) is 3.53. The molecule has 1 unspecified atom stereocenters. The van der Waals surface area contributed by atoms with Gasteiger partial charge in [0.15, 0.2) is 5.60 Å². The first-order chi connectivity index (χ1) is 9.09. The minimum absolute atomic E-state index is 0.327. The van der Waals surface area contributed by atoms with E-state index < -0.39 is 5.60 Å². The first kappa shape index (κ1) is 13.1. The van der Waals surface area contributed by atoms with Crippen LogP contribution < -0.4 is 10.5 Å². The van der Waals surface area contributed by atoms with Crippen molar-refractivity contribution >= 4 is 5.84 Å². The maximum Gasteiger partial charge on any atom is 0.171 e. The summed E-state index contributed by atoms with van der Waals surface area (Å²) in [5.74, 6) is 0.278. The number of nitrogens with two attached hydrogens (primary N) is 1. The van der Waals surface area contributed by atoms with Gasteiger partial charge in [0.1, 0.15) is 11.6 Å². The van der Waals surface area contributed by atoms with Gasteiger partial charge in [-0.2, -0.15) is 0 Å². The van der Waals surface area contributed by atoms with Gasteiger partial charge in [-0.15, -0.1) is 0 Å². The highest BCUT2D eigenvalue weighted by Gasteiger charge is 2.35. The lowest BCUT2D eigenvalue weighted by Crippen LogP contribution is -2.41. The van der Waals surface area contributed by atoms with Crippen molar-refractivity contribution in [2.24, 2.45) is 5.73 Å². The molecule has 4 nitrogen and oxygen atoms in total. The molecular weight excluding hydrogens is 240 g/mol. The number of ether oxygens (including phenoxy) is 1. The van der Waals surface area contributed by atoms with Gasteiger partial charge in [-0.05, 0) is 23.3 Å². The van der Waals surface area contributed by atoms with E-state index in [1.165, 1.54) is 0 Å². The zero-order valence-electron chi connectivity index (χ0n) is 10.6. The van der Waals surface area contributed by atoms with E-state index >= 15 is 0 Å². The normalized spacial score (nSPS) is 13.6. The van der Waals surface area contributed by atoms with Crippen molar-refractivity contribution in [1.29, 1.82) is 5.41 Å². The highest BCUT2D eigenvalue weighted by atomic mass is 16.5. The van der Waals surface area contributed by atoms with Crippen LogP contribution in [0.4, 0.5) is 0 Å². The number of amidine groups is 1. The predicted molar refractivity (Wildman–Crippen MR) is 74.3 cm³/mol. The van der Waals surface area contributed by atoms with E-state index in [0.29, 0.717) is 16.9 Å². The van der Waals surface area contributed by atoms with Crippen molar-refractivity contribution in [2.75, 3.05) is 7.11 Å². The van der Waals surface area contributed by atoms with Crippen molar-refractivity contribution in [3.05, 3.63) is 65.7 Å². The summed E-state index contributed by atoms with van der Waals surface area (Å²) < 4.78 is 5.14. The predicted octanol–water partition coefficient (Wildman–Crippen LogP) is 1.87. The first-order valence-corrected chi connectivity index (χ1v) is 5.86. The van der Waals surface area contributed by atoms with Crippen LogP contribution in [0.1, 0.15) is 11.1 Å². The fourth-order valence-electron chi connectivity index (χ4n) is 2.01. The van der Waals surface area contributed by atoms with Crippen molar-refractivity contribution in [3.8, 4) is 5.75 Å². The van der Waals surface area contributed by atoms with Crippen molar-refractivity contribution < 1.29 is 9.84 Å². The monoisotopic (exact) mass is 256 g/mol. The molecular formula is C15H16N2O2. The zero-order chi connectivity index (χ0) is 13.9. The van der Waals surface area contributed by atoms with E-state index in [1.807, 2.05) is 6.07 Å². The van der Waals surface area contributed by atoms with E-state index in [9.17, 15) is 5.11 Å². The SMILES string of the molecule is COc1cccc(C(O)(C(=N)N)c2ccccc2)c1. The Bertz CT molecular complexity index is 584. The largest absolute Gasteiger partial charge is 0.497 e. The molecule has 2 aromatic carbocycles. The molecule has 98 valence electrons. The quantitative estimate of drug-likeness (QED) is 0.577. The molecule has 0 saturated heterocycles. The second-order valence-electron chi connectivity index (χ2n) is 4.22. The molecule has 2 rings (SSSR count). The van der Waals surface area contributed by atoms with E-state index in [-0.39, 0.29) is 5.84 Å². The molecule has 0 aliphatic carbocycles. The molecule has 0 spiro atoms. The first-order valence-electron chi connectivity index (χ1n) is 5.86. The van der Waals surface area contributed by atoms with Gasteiger partial charge in [0, 0.05) is 0 Å². The molecule has 2 aromatic rings. The third kappa shape index (κ3) is 2.30. The van der Waals surface area contributed by atoms with Gasteiger partial charge in [-0.3, -0.25) is 5.41 Å². The lowest BCUT2D eigenvalue weighted by atomic mass is 9.85. The fraction of sp³-hybridized carbons (Fsp3) is 0.133. The molecule has 0 bridgehead atoms. The van der Waals surface area contributed by atoms with E-state index in [2.05, 4.69) is 0 Å². The number of methoxy groups -OCH3 is 1. The summed E-state index contributed by atoms with van der Waals surface area (Å²) >= 11 is 0. The maximum atomic E-state index is 10.8. The second-order valence-corrected chi connectivity index (χ2v) is 4.22. The number of nitrogens with one attached hydrogen (secondary N) is 1. The Hall–Kier alpha value is -2.33. The smallest absolute Gasteiger partial charge is 0.171 e. The highest BCUT2D eigenvalue weighted by Crippen LogP contribution is 2.31. The fourth-order valence-corrected chi connectivity index (χ4v) is 2.01. The Morgan fingerprint density at radius 2 is 1.74 bits per heavy atom. The molecule has 0 heterocycles. The number of aliphatic hydroxyl groups is 1. The van der Waals surface area contributed by atoms with Gasteiger partial charge in [-0.1, -0.05) is 42.5 Å². The van der Waals surface area contributed by atoms with Crippen LogP contribution in [0.3, 0.4) is 0 Å². The molecule has 0 saturated carbocycles. The van der Waals surface area contributed by atoms with E-state index in [4.69, 9.17) is 15.9 Å². The summed E-state index contributed by atoms with van der Waals surface area (Å²) in [7, 11) is 1.55. The molecule has 4 N–H and O–H groups in total. The molecule has 0 aliphatic heterocycles. The van der Waals surface area contributed by atoms with Crippen LogP contribution in [0.15, 0.2) is 54.6 Å². The Morgan fingerprint density at radius 1 is 1.11 bits per heavy atom. The number of hydrogen-bond acceptors (Lipinski definition) is 3. The van der Waals surface area contributed by atoms with E-state index in [1.54, 1.807) is 55.6 Å². The van der Waals surface area contributed by atoms with E-state index in [0.717, 1.165) is 0 Å². The number of hydrogen-bond donors (Lipinski definition) is 3. The second kappa shape index (κ2) is 5.12. The van der Waals surface area contributed by atoms with Gasteiger partial charge < -0.3 is 15.6 Å².